The van der Waals surface area contributed by atoms with Crippen molar-refractivity contribution in [2.75, 3.05) is 0 Å². The highest BCUT2D eigenvalue weighted by Gasteiger charge is 2.24. The van der Waals surface area contributed by atoms with Gasteiger partial charge in [-0.25, -0.2) is 4.98 Å². The van der Waals surface area contributed by atoms with Gasteiger partial charge in [0, 0.05) is 12.2 Å². The van der Waals surface area contributed by atoms with E-state index in [1.54, 1.807) is 10.9 Å². The van der Waals surface area contributed by atoms with E-state index >= 15 is 0 Å². The zero-order valence-corrected chi connectivity index (χ0v) is 12.0. The van der Waals surface area contributed by atoms with E-state index in [-0.39, 0.29) is 5.56 Å². The van der Waals surface area contributed by atoms with E-state index in [4.69, 9.17) is 0 Å². The van der Waals surface area contributed by atoms with Crippen molar-refractivity contribution < 1.29 is 0 Å². The van der Waals surface area contributed by atoms with Crippen molar-refractivity contribution in [3.63, 3.8) is 0 Å². The van der Waals surface area contributed by atoms with Crippen LogP contribution in [-0.4, -0.2) is 14.1 Å². The highest BCUT2D eigenvalue weighted by Crippen LogP contribution is 2.27. The molecule has 0 atom stereocenters. The van der Waals surface area contributed by atoms with Gasteiger partial charge in [0.15, 0.2) is 0 Å². The molecule has 0 spiro atoms. The van der Waals surface area contributed by atoms with E-state index in [1.165, 1.54) is 0 Å². The number of hydrogen-bond donors (Lipinski definition) is 0. The maximum atomic E-state index is 12.8. The van der Waals surface area contributed by atoms with Gasteiger partial charge in [0.2, 0.25) is 0 Å². The van der Waals surface area contributed by atoms with E-state index in [2.05, 4.69) is 11.1 Å². The summed E-state index contributed by atoms with van der Waals surface area (Å²) < 4.78 is 3.57. The van der Waals surface area contributed by atoms with Gasteiger partial charge in [0.25, 0.3) is 5.56 Å². The smallest absolute Gasteiger partial charge is 0.263 e. The zero-order chi connectivity index (χ0) is 15.1. The monoisotopic (exact) mass is 290 g/mol. The summed E-state index contributed by atoms with van der Waals surface area (Å²) >= 11 is 0. The van der Waals surface area contributed by atoms with Crippen molar-refractivity contribution >= 4 is 10.9 Å². The van der Waals surface area contributed by atoms with Gasteiger partial charge in [-0.2, -0.15) is 5.26 Å². The van der Waals surface area contributed by atoms with Crippen molar-refractivity contribution in [1.82, 2.24) is 14.1 Å². The van der Waals surface area contributed by atoms with E-state index in [9.17, 15) is 10.1 Å². The van der Waals surface area contributed by atoms with Gasteiger partial charge in [-0.15, -0.1) is 0 Å². The standard InChI is InChI=1S/C17H14N4O/c18-9-14-16-15(13-7-4-8-21(13)14)17(22)20(11-19-16)10-12-5-2-1-3-6-12/h1-3,5-6,11H,4,7-8,10H2. The molecule has 4 rings (SSSR count). The highest BCUT2D eigenvalue weighted by atomic mass is 16.1. The third-order valence-corrected chi connectivity index (χ3v) is 4.24. The molecule has 1 aromatic carbocycles. The summed E-state index contributed by atoms with van der Waals surface area (Å²) in [6.07, 6.45) is 3.37. The molecule has 1 aliphatic rings. The Morgan fingerprint density at radius 1 is 1.27 bits per heavy atom. The molecule has 0 amide bonds. The number of nitriles is 1. The summed E-state index contributed by atoms with van der Waals surface area (Å²) in [5.74, 6) is 0. The van der Waals surface area contributed by atoms with E-state index < -0.39 is 0 Å². The third-order valence-electron chi connectivity index (χ3n) is 4.24. The lowest BCUT2D eigenvalue weighted by Gasteiger charge is -2.05. The van der Waals surface area contributed by atoms with Crippen LogP contribution >= 0.6 is 0 Å². The Bertz CT molecular complexity index is 960. The molecular formula is C17H14N4O. The van der Waals surface area contributed by atoms with Crippen LogP contribution in [0, 0.1) is 11.3 Å². The van der Waals surface area contributed by atoms with Crippen LogP contribution in [0.4, 0.5) is 0 Å². The summed E-state index contributed by atoms with van der Waals surface area (Å²) in [5, 5.41) is 9.98. The first kappa shape index (κ1) is 12.8. The fraction of sp³-hybridized carbons (Fsp3) is 0.235. The van der Waals surface area contributed by atoms with Gasteiger partial charge < -0.3 is 4.57 Å². The normalized spacial score (nSPS) is 13.2. The fourth-order valence-electron chi connectivity index (χ4n) is 3.24. The van der Waals surface area contributed by atoms with Crippen LogP contribution in [0.2, 0.25) is 0 Å². The molecule has 5 nitrogen and oxygen atoms in total. The second-order valence-electron chi connectivity index (χ2n) is 5.55. The van der Waals surface area contributed by atoms with Gasteiger partial charge in [0.05, 0.1) is 18.3 Å². The third kappa shape index (κ3) is 1.77. The average molecular weight is 290 g/mol. The van der Waals surface area contributed by atoms with Crippen LogP contribution < -0.4 is 5.56 Å². The fourth-order valence-corrected chi connectivity index (χ4v) is 3.24. The molecule has 1 aliphatic heterocycles. The number of hydrogen-bond acceptors (Lipinski definition) is 3. The molecule has 0 unspecified atom stereocenters. The predicted octanol–water partition coefficient (Wildman–Crippen LogP) is 2.06. The number of aromatic nitrogens is 3. The molecule has 2 aromatic heterocycles. The molecule has 3 heterocycles. The first-order valence-electron chi connectivity index (χ1n) is 7.34. The van der Waals surface area contributed by atoms with Crippen molar-refractivity contribution in [2.24, 2.45) is 0 Å². The minimum atomic E-state index is -0.0546. The number of fused-ring (bicyclic) bond motifs is 3. The van der Waals surface area contributed by atoms with Crippen molar-refractivity contribution in [3.05, 3.63) is 64.0 Å². The molecule has 0 saturated carbocycles. The SMILES string of the molecule is N#Cc1c2ncn(Cc3ccccc3)c(=O)c2c2n1CCC2. The topological polar surface area (TPSA) is 63.6 Å². The molecule has 0 radical (unpaired) electrons. The number of aryl methyl sites for hydroxylation is 1. The van der Waals surface area contributed by atoms with Crippen LogP contribution in [0.5, 0.6) is 0 Å². The van der Waals surface area contributed by atoms with Crippen LogP contribution in [-0.2, 0) is 19.5 Å². The Morgan fingerprint density at radius 2 is 2.09 bits per heavy atom. The summed E-state index contributed by atoms with van der Waals surface area (Å²) in [4.78, 5) is 17.2. The molecule has 0 saturated heterocycles. The minimum Gasteiger partial charge on any atom is -0.334 e. The second kappa shape index (κ2) is 4.85. The zero-order valence-electron chi connectivity index (χ0n) is 12.0. The summed E-state index contributed by atoms with van der Waals surface area (Å²) in [5.41, 5.74) is 3.03. The van der Waals surface area contributed by atoms with Gasteiger partial charge in [0.1, 0.15) is 17.3 Å². The van der Waals surface area contributed by atoms with Gasteiger partial charge in [-0.3, -0.25) is 9.36 Å². The second-order valence-corrected chi connectivity index (χ2v) is 5.55. The van der Waals surface area contributed by atoms with Crippen LogP contribution in [0.3, 0.4) is 0 Å². The molecule has 0 fully saturated rings. The van der Waals surface area contributed by atoms with Crippen LogP contribution in [0.25, 0.3) is 10.9 Å². The Morgan fingerprint density at radius 3 is 2.86 bits per heavy atom. The number of benzene rings is 1. The summed E-state index contributed by atoms with van der Waals surface area (Å²) in [7, 11) is 0. The Labute approximate surface area is 127 Å². The predicted molar refractivity (Wildman–Crippen MR) is 82.6 cm³/mol. The molecular weight excluding hydrogens is 276 g/mol. The van der Waals surface area contributed by atoms with Crippen LogP contribution in [0.1, 0.15) is 23.4 Å². The van der Waals surface area contributed by atoms with Gasteiger partial charge in [-0.05, 0) is 18.4 Å². The lowest BCUT2D eigenvalue weighted by atomic mass is 10.2. The highest BCUT2D eigenvalue weighted by molar-refractivity contribution is 5.86. The molecule has 0 bridgehead atoms. The van der Waals surface area contributed by atoms with Crippen molar-refractivity contribution in [1.29, 1.82) is 5.26 Å². The lowest BCUT2D eigenvalue weighted by Crippen LogP contribution is -2.21. The minimum absolute atomic E-state index is 0.0546. The van der Waals surface area contributed by atoms with E-state index in [0.29, 0.717) is 23.1 Å². The maximum Gasteiger partial charge on any atom is 0.263 e. The largest absolute Gasteiger partial charge is 0.334 e. The Balaban J connectivity index is 1.92. The molecule has 108 valence electrons. The lowest BCUT2D eigenvalue weighted by molar-refractivity contribution is 0.741. The number of nitrogens with zero attached hydrogens (tertiary/aromatic N) is 4. The summed E-state index contributed by atoms with van der Waals surface area (Å²) in [6, 6.07) is 12.0. The van der Waals surface area contributed by atoms with E-state index in [1.807, 2.05) is 34.9 Å². The summed E-state index contributed by atoms with van der Waals surface area (Å²) in [6.45, 7) is 1.29. The molecule has 5 heteroatoms. The number of rotatable bonds is 2. The first-order chi connectivity index (χ1) is 10.8. The van der Waals surface area contributed by atoms with Crippen molar-refractivity contribution in [2.45, 2.75) is 25.9 Å². The van der Waals surface area contributed by atoms with Crippen LogP contribution in [0.15, 0.2) is 41.5 Å². The van der Waals surface area contributed by atoms with E-state index in [0.717, 1.165) is 30.6 Å². The Kier molecular flexibility index (Phi) is 2.83. The quantitative estimate of drug-likeness (QED) is 0.725. The Hall–Kier alpha value is -2.87. The maximum absolute atomic E-state index is 12.8. The molecule has 0 aliphatic carbocycles. The molecule has 3 aromatic rings. The van der Waals surface area contributed by atoms with Gasteiger partial charge in [-0.1, -0.05) is 30.3 Å². The van der Waals surface area contributed by atoms with Crippen molar-refractivity contribution in [3.8, 4) is 6.07 Å². The average Bonchev–Trinajstić information content (AvgIpc) is 3.11. The first-order valence-corrected chi connectivity index (χ1v) is 7.34. The molecule has 22 heavy (non-hydrogen) atoms. The molecule has 0 N–H and O–H groups in total. The van der Waals surface area contributed by atoms with Gasteiger partial charge >= 0.3 is 0 Å².